The Hall–Kier alpha value is -2.10. The molecule has 170 valence electrons. The minimum absolute atomic E-state index is 0.00503. The van der Waals surface area contributed by atoms with E-state index in [9.17, 15) is 9.59 Å². The van der Waals surface area contributed by atoms with Crippen molar-refractivity contribution >= 4 is 35.4 Å². The molecular formula is C27H31Cl2NO2. The van der Waals surface area contributed by atoms with Gasteiger partial charge in [-0.2, -0.15) is 0 Å². The number of amides is 1. The van der Waals surface area contributed by atoms with Crippen LogP contribution in [0.15, 0.2) is 61.2 Å². The Morgan fingerprint density at radius 3 is 2.41 bits per heavy atom. The van der Waals surface area contributed by atoms with Gasteiger partial charge in [-0.1, -0.05) is 74.3 Å². The van der Waals surface area contributed by atoms with E-state index >= 15 is 0 Å². The molecule has 1 heterocycles. The fraction of sp³-hybridized carbons (Fsp3) is 0.407. The van der Waals surface area contributed by atoms with Crippen molar-refractivity contribution in [2.24, 2.45) is 11.3 Å². The number of hydrogen-bond donors (Lipinski definition) is 0. The Balaban J connectivity index is 2.26. The number of piperidine rings is 1. The molecule has 2 aromatic rings. The molecule has 0 bridgehead atoms. The molecule has 1 fully saturated rings. The topological polar surface area (TPSA) is 37.4 Å². The summed E-state index contributed by atoms with van der Waals surface area (Å²) >= 11 is 12.6. The first-order chi connectivity index (χ1) is 15.3. The van der Waals surface area contributed by atoms with Gasteiger partial charge in [-0.25, -0.2) is 0 Å². The van der Waals surface area contributed by atoms with Crippen molar-refractivity contribution in [1.82, 2.24) is 4.90 Å². The molecule has 3 rings (SSSR count). The Labute approximate surface area is 201 Å². The van der Waals surface area contributed by atoms with Crippen LogP contribution in [0.1, 0.15) is 63.1 Å². The third kappa shape index (κ3) is 4.79. The van der Waals surface area contributed by atoms with Crippen LogP contribution in [0.25, 0.3) is 0 Å². The molecule has 1 aliphatic rings. The summed E-state index contributed by atoms with van der Waals surface area (Å²) in [5, 5.41) is 1.31. The van der Waals surface area contributed by atoms with Crippen LogP contribution in [0.3, 0.4) is 0 Å². The number of allylic oxidation sites excluding steroid dienone is 1. The van der Waals surface area contributed by atoms with Crippen LogP contribution in [0.2, 0.25) is 10.0 Å². The molecule has 1 aliphatic heterocycles. The molecule has 0 aromatic heterocycles. The number of halogens is 2. The zero-order valence-corrected chi connectivity index (χ0v) is 20.4. The van der Waals surface area contributed by atoms with E-state index in [1.165, 1.54) is 0 Å². The molecule has 5 unspecified atom stereocenters. The van der Waals surface area contributed by atoms with Crippen LogP contribution < -0.4 is 0 Å². The lowest BCUT2D eigenvalue weighted by molar-refractivity contribution is -0.156. The Morgan fingerprint density at radius 1 is 1.16 bits per heavy atom. The van der Waals surface area contributed by atoms with Gasteiger partial charge in [0.1, 0.15) is 6.29 Å². The summed E-state index contributed by atoms with van der Waals surface area (Å²) in [6.07, 6.45) is 4.68. The molecule has 0 aliphatic carbocycles. The monoisotopic (exact) mass is 471 g/mol. The lowest BCUT2D eigenvalue weighted by Gasteiger charge is -2.52. The van der Waals surface area contributed by atoms with Gasteiger partial charge < -0.3 is 9.69 Å². The summed E-state index contributed by atoms with van der Waals surface area (Å²) in [5.74, 6) is -0.216. The summed E-state index contributed by atoms with van der Waals surface area (Å²) in [5.41, 5.74) is 1.47. The number of aldehydes is 1. The van der Waals surface area contributed by atoms with Crippen LogP contribution in [-0.4, -0.2) is 23.1 Å². The van der Waals surface area contributed by atoms with E-state index in [-0.39, 0.29) is 29.8 Å². The Morgan fingerprint density at radius 2 is 1.84 bits per heavy atom. The second kappa shape index (κ2) is 10.2. The number of likely N-dealkylation sites (tertiary alicyclic amines) is 1. The highest BCUT2D eigenvalue weighted by atomic mass is 35.5. The van der Waals surface area contributed by atoms with Gasteiger partial charge >= 0.3 is 0 Å². The van der Waals surface area contributed by atoms with Gasteiger partial charge in [0.15, 0.2) is 0 Å². The molecule has 2 aromatic carbocycles. The van der Waals surface area contributed by atoms with E-state index < -0.39 is 5.41 Å². The van der Waals surface area contributed by atoms with Gasteiger partial charge in [0.05, 0.1) is 11.5 Å². The van der Waals surface area contributed by atoms with Crippen molar-refractivity contribution in [2.45, 2.75) is 58.0 Å². The largest absolute Gasteiger partial charge is 0.331 e. The van der Waals surface area contributed by atoms with Gasteiger partial charge in [0.25, 0.3) is 0 Å². The van der Waals surface area contributed by atoms with Gasteiger partial charge in [-0.05, 0) is 54.7 Å². The fourth-order valence-corrected chi connectivity index (χ4v) is 5.49. The first-order valence-corrected chi connectivity index (χ1v) is 11.9. The van der Waals surface area contributed by atoms with Gasteiger partial charge in [-0.3, -0.25) is 4.79 Å². The zero-order valence-electron chi connectivity index (χ0n) is 18.9. The maximum absolute atomic E-state index is 14.1. The van der Waals surface area contributed by atoms with Crippen molar-refractivity contribution in [1.29, 1.82) is 0 Å². The summed E-state index contributed by atoms with van der Waals surface area (Å²) in [6, 6.07) is 15.1. The standard InChI is InChI=1S/C27H31Cl2NO2/c1-5-14-27(4)16-23(20-8-7-9-22(29)15-20)25(19-10-12-21(28)13-11-19)30(26(27)32)24(6-2)18(3)17-31/h5,7-13,15,17-18,23-25H,1,6,14,16H2,2-4H3. The molecule has 3 nitrogen and oxygen atoms in total. The number of nitrogens with zero attached hydrogens (tertiary/aromatic N) is 1. The molecule has 1 amide bonds. The zero-order chi connectivity index (χ0) is 23.5. The summed E-state index contributed by atoms with van der Waals surface area (Å²) in [7, 11) is 0. The van der Waals surface area contributed by atoms with E-state index in [2.05, 4.69) is 12.6 Å². The SMILES string of the molecule is C=CCC1(C)CC(c2cccc(Cl)c2)C(c2ccc(Cl)cc2)N(C(CC)C(C)C=O)C1=O. The molecule has 0 N–H and O–H groups in total. The molecule has 0 saturated carbocycles. The predicted molar refractivity (Wildman–Crippen MR) is 132 cm³/mol. The molecule has 1 saturated heterocycles. The fourth-order valence-electron chi connectivity index (χ4n) is 5.17. The summed E-state index contributed by atoms with van der Waals surface area (Å²) < 4.78 is 0. The highest BCUT2D eigenvalue weighted by molar-refractivity contribution is 6.30. The van der Waals surface area contributed by atoms with Crippen molar-refractivity contribution in [3.05, 3.63) is 82.4 Å². The molecule has 5 atom stereocenters. The molecule has 0 spiro atoms. The van der Waals surface area contributed by atoms with Crippen LogP contribution in [0.5, 0.6) is 0 Å². The van der Waals surface area contributed by atoms with Crippen LogP contribution in [0, 0.1) is 11.3 Å². The predicted octanol–water partition coefficient (Wildman–Crippen LogP) is 7.25. The van der Waals surface area contributed by atoms with Gasteiger partial charge in [-0.15, -0.1) is 6.58 Å². The average Bonchev–Trinajstić information content (AvgIpc) is 2.77. The van der Waals surface area contributed by atoms with E-state index in [0.29, 0.717) is 29.3 Å². The van der Waals surface area contributed by atoms with Crippen LogP contribution in [-0.2, 0) is 9.59 Å². The maximum Gasteiger partial charge on any atom is 0.229 e. The second-order valence-corrected chi connectivity index (χ2v) is 9.97. The van der Waals surface area contributed by atoms with Crippen molar-refractivity contribution in [3.63, 3.8) is 0 Å². The van der Waals surface area contributed by atoms with Crippen LogP contribution >= 0.6 is 23.2 Å². The van der Waals surface area contributed by atoms with Crippen molar-refractivity contribution in [3.8, 4) is 0 Å². The molecule has 32 heavy (non-hydrogen) atoms. The summed E-state index contributed by atoms with van der Waals surface area (Å²) in [4.78, 5) is 27.9. The number of rotatable bonds is 8. The van der Waals surface area contributed by atoms with Gasteiger partial charge in [0, 0.05) is 27.9 Å². The lowest BCUT2D eigenvalue weighted by Crippen LogP contribution is -2.57. The average molecular weight is 472 g/mol. The van der Waals surface area contributed by atoms with Crippen molar-refractivity contribution < 1.29 is 9.59 Å². The number of carbonyl (C=O) groups is 2. The molecular weight excluding hydrogens is 441 g/mol. The molecule has 5 heteroatoms. The van der Waals surface area contributed by atoms with E-state index in [4.69, 9.17) is 23.2 Å². The minimum Gasteiger partial charge on any atom is -0.331 e. The Kier molecular flexibility index (Phi) is 7.84. The summed E-state index contributed by atoms with van der Waals surface area (Å²) in [6.45, 7) is 9.85. The van der Waals surface area contributed by atoms with Gasteiger partial charge in [0.2, 0.25) is 5.91 Å². The van der Waals surface area contributed by atoms with E-state index in [0.717, 1.165) is 17.4 Å². The number of hydrogen-bond acceptors (Lipinski definition) is 2. The molecule has 0 radical (unpaired) electrons. The first kappa shape index (κ1) is 24.5. The van der Waals surface area contributed by atoms with Crippen molar-refractivity contribution in [2.75, 3.05) is 0 Å². The highest BCUT2D eigenvalue weighted by Gasteiger charge is 2.51. The smallest absolute Gasteiger partial charge is 0.229 e. The third-order valence-corrected chi connectivity index (χ3v) is 7.27. The van der Waals surface area contributed by atoms with E-state index in [1.807, 2.05) is 74.2 Å². The van der Waals surface area contributed by atoms with Crippen LogP contribution in [0.4, 0.5) is 0 Å². The first-order valence-electron chi connectivity index (χ1n) is 11.2. The Bertz CT molecular complexity index is 974. The lowest BCUT2D eigenvalue weighted by atomic mass is 9.66. The quantitative estimate of drug-likeness (QED) is 0.300. The van der Waals surface area contributed by atoms with E-state index in [1.54, 1.807) is 0 Å². The minimum atomic E-state index is -0.617. The third-order valence-electron chi connectivity index (χ3n) is 6.78. The number of benzene rings is 2. The highest BCUT2D eigenvalue weighted by Crippen LogP contribution is 2.52. The normalized spacial score (nSPS) is 25.3. The number of carbonyl (C=O) groups excluding carboxylic acids is 2. The second-order valence-electron chi connectivity index (χ2n) is 9.10. The maximum atomic E-state index is 14.1.